The van der Waals surface area contributed by atoms with Gasteiger partial charge in [0.1, 0.15) is 5.75 Å². The lowest BCUT2D eigenvalue weighted by atomic mass is 10.1. The normalized spacial score (nSPS) is 11.7. The molecule has 0 bridgehead atoms. The summed E-state index contributed by atoms with van der Waals surface area (Å²) in [6, 6.07) is 23.2. The van der Waals surface area contributed by atoms with E-state index < -0.39 is 0 Å². The number of nitrogens with one attached hydrogen (secondary N) is 2. The minimum absolute atomic E-state index is 0.0690. The lowest BCUT2D eigenvalue weighted by Gasteiger charge is -2.14. The van der Waals surface area contributed by atoms with Crippen molar-refractivity contribution in [2.24, 2.45) is 5.10 Å². The Morgan fingerprint density at radius 2 is 1.66 bits per heavy atom. The van der Waals surface area contributed by atoms with E-state index in [1.165, 1.54) is 16.7 Å². The number of carbonyl (C=O) groups is 2. The van der Waals surface area contributed by atoms with E-state index in [-0.39, 0.29) is 24.5 Å². The third kappa shape index (κ3) is 9.29. The van der Waals surface area contributed by atoms with Gasteiger partial charge in [-0.2, -0.15) is 5.10 Å². The molecule has 3 rings (SSSR count). The zero-order chi connectivity index (χ0) is 25.0. The number of hydrazone groups is 1. The van der Waals surface area contributed by atoms with Gasteiger partial charge in [0.2, 0.25) is 5.91 Å². The minimum Gasteiger partial charge on any atom is -0.484 e. The van der Waals surface area contributed by atoms with Crippen LogP contribution < -0.4 is 15.5 Å². The molecule has 2 N–H and O–H groups in total. The molecule has 0 spiro atoms. The summed E-state index contributed by atoms with van der Waals surface area (Å²) in [5, 5.41) is 6.94. The second kappa shape index (κ2) is 13.3. The molecule has 35 heavy (non-hydrogen) atoms. The average molecular weight is 490 g/mol. The standard InChI is InChI=1S/C28H31N3O3S/c1-20-13-21(2)15-24(14-20)18-35-19-28(33)31-29-16-23-9-11-26(12-10-23)34-17-27(32)30-22(3)25-7-5-4-6-8-25/h4-16,22H,17-19H2,1-3H3,(H,30,32)(H,31,33)/b29-16-/t22-/m1/s1. The SMILES string of the molecule is Cc1cc(C)cc(CSCC(=O)N/N=C\c2ccc(OCC(=O)N[C@H](C)c3ccccc3)cc2)c1. The molecule has 2 amide bonds. The summed E-state index contributed by atoms with van der Waals surface area (Å²) in [6.45, 7) is 6.02. The number of hydrogen-bond acceptors (Lipinski definition) is 5. The smallest absolute Gasteiger partial charge is 0.258 e. The summed E-state index contributed by atoms with van der Waals surface area (Å²) in [7, 11) is 0. The molecule has 182 valence electrons. The predicted molar refractivity (Wildman–Crippen MR) is 143 cm³/mol. The summed E-state index contributed by atoms with van der Waals surface area (Å²) in [4.78, 5) is 24.2. The Bertz CT molecular complexity index is 1130. The quantitative estimate of drug-likeness (QED) is 0.295. The van der Waals surface area contributed by atoms with Crippen LogP contribution in [0, 0.1) is 13.8 Å². The molecule has 0 aliphatic carbocycles. The maximum atomic E-state index is 12.2. The van der Waals surface area contributed by atoms with Gasteiger partial charge in [-0.15, -0.1) is 11.8 Å². The first kappa shape index (κ1) is 26.0. The summed E-state index contributed by atoms with van der Waals surface area (Å²) in [5.74, 6) is 1.36. The highest BCUT2D eigenvalue weighted by atomic mass is 32.2. The minimum atomic E-state index is -0.190. The van der Waals surface area contributed by atoms with E-state index in [2.05, 4.69) is 47.9 Å². The Morgan fingerprint density at radius 3 is 2.34 bits per heavy atom. The van der Waals surface area contributed by atoms with Crippen molar-refractivity contribution in [3.63, 3.8) is 0 Å². The molecule has 3 aromatic rings. The zero-order valence-corrected chi connectivity index (χ0v) is 21.1. The highest BCUT2D eigenvalue weighted by Gasteiger charge is 2.09. The lowest BCUT2D eigenvalue weighted by Crippen LogP contribution is -2.31. The van der Waals surface area contributed by atoms with E-state index in [4.69, 9.17) is 4.74 Å². The van der Waals surface area contributed by atoms with Crippen molar-refractivity contribution in [1.29, 1.82) is 0 Å². The van der Waals surface area contributed by atoms with Crippen molar-refractivity contribution in [2.45, 2.75) is 32.6 Å². The largest absolute Gasteiger partial charge is 0.484 e. The van der Waals surface area contributed by atoms with E-state index in [1.807, 2.05) is 49.4 Å². The molecule has 0 heterocycles. The predicted octanol–water partition coefficient (Wildman–Crippen LogP) is 4.94. The number of hydrogen-bond donors (Lipinski definition) is 2. The Hall–Kier alpha value is -3.58. The van der Waals surface area contributed by atoms with Gasteiger partial charge in [-0.1, -0.05) is 59.7 Å². The number of carbonyl (C=O) groups excluding carboxylic acids is 2. The van der Waals surface area contributed by atoms with Gasteiger partial charge in [0.15, 0.2) is 6.61 Å². The average Bonchev–Trinajstić information content (AvgIpc) is 2.83. The monoisotopic (exact) mass is 489 g/mol. The van der Waals surface area contributed by atoms with Crippen LogP contribution in [0.25, 0.3) is 0 Å². The second-order valence-corrected chi connectivity index (χ2v) is 9.33. The van der Waals surface area contributed by atoms with Crippen LogP contribution in [0.15, 0.2) is 77.9 Å². The van der Waals surface area contributed by atoms with Crippen LogP contribution in [-0.2, 0) is 15.3 Å². The van der Waals surface area contributed by atoms with Crippen LogP contribution in [0.1, 0.15) is 40.8 Å². The van der Waals surface area contributed by atoms with Crippen molar-refractivity contribution in [3.8, 4) is 5.75 Å². The van der Waals surface area contributed by atoms with E-state index in [9.17, 15) is 9.59 Å². The number of nitrogens with zero attached hydrogens (tertiary/aromatic N) is 1. The van der Waals surface area contributed by atoms with Gasteiger partial charge < -0.3 is 10.1 Å². The van der Waals surface area contributed by atoms with Crippen LogP contribution in [0.2, 0.25) is 0 Å². The molecular weight excluding hydrogens is 458 g/mol. The fourth-order valence-corrected chi connectivity index (χ4v) is 4.29. The molecule has 0 aliphatic rings. The fraction of sp³-hybridized carbons (Fsp3) is 0.250. The number of amides is 2. The molecule has 6 nitrogen and oxygen atoms in total. The van der Waals surface area contributed by atoms with Crippen LogP contribution in [0.5, 0.6) is 5.75 Å². The van der Waals surface area contributed by atoms with Crippen molar-refractivity contribution in [3.05, 3.63) is 101 Å². The summed E-state index contributed by atoms with van der Waals surface area (Å²) >= 11 is 1.55. The molecule has 0 saturated heterocycles. The Balaban J connectivity index is 1.35. The number of rotatable bonds is 11. The van der Waals surface area contributed by atoms with E-state index in [1.54, 1.807) is 30.1 Å². The number of thioether (sulfide) groups is 1. The van der Waals surface area contributed by atoms with Gasteiger partial charge in [0.25, 0.3) is 5.91 Å². The van der Waals surface area contributed by atoms with Gasteiger partial charge >= 0.3 is 0 Å². The van der Waals surface area contributed by atoms with Crippen molar-refractivity contribution in [2.75, 3.05) is 12.4 Å². The Kier molecular flexibility index (Phi) is 9.93. The van der Waals surface area contributed by atoms with Crippen LogP contribution in [-0.4, -0.2) is 30.4 Å². The second-order valence-electron chi connectivity index (χ2n) is 8.34. The van der Waals surface area contributed by atoms with Crippen LogP contribution >= 0.6 is 11.8 Å². The highest BCUT2D eigenvalue weighted by molar-refractivity contribution is 7.99. The first-order chi connectivity index (χ1) is 16.9. The molecule has 0 radical (unpaired) electrons. The number of aryl methyl sites for hydroxylation is 2. The Morgan fingerprint density at radius 1 is 0.971 bits per heavy atom. The first-order valence-electron chi connectivity index (χ1n) is 11.4. The molecule has 0 aromatic heterocycles. The summed E-state index contributed by atoms with van der Waals surface area (Å²) < 4.78 is 5.57. The molecule has 1 atom stereocenters. The van der Waals surface area contributed by atoms with E-state index >= 15 is 0 Å². The van der Waals surface area contributed by atoms with Crippen molar-refractivity contribution >= 4 is 29.8 Å². The van der Waals surface area contributed by atoms with Gasteiger partial charge in [0.05, 0.1) is 18.0 Å². The zero-order valence-electron chi connectivity index (χ0n) is 20.3. The van der Waals surface area contributed by atoms with Gasteiger partial charge in [-0.3, -0.25) is 9.59 Å². The van der Waals surface area contributed by atoms with Crippen molar-refractivity contribution < 1.29 is 14.3 Å². The number of benzene rings is 3. The van der Waals surface area contributed by atoms with Crippen LogP contribution in [0.4, 0.5) is 0 Å². The highest BCUT2D eigenvalue weighted by Crippen LogP contribution is 2.16. The van der Waals surface area contributed by atoms with Gasteiger partial charge in [-0.05, 0) is 61.7 Å². The summed E-state index contributed by atoms with van der Waals surface area (Å²) in [5.41, 5.74) is 8.07. The molecule has 0 aliphatic heterocycles. The third-order valence-corrected chi connectivity index (χ3v) is 6.12. The molecule has 3 aromatic carbocycles. The van der Waals surface area contributed by atoms with Gasteiger partial charge in [0, 0.05) is 5.75 Å². The maximum absolute atomic E-state index is 12.2. The molecule has 0 saturated carbocycles. The third-order valence-electron chi connectivity index (χ3n) is 5.11. The van der Waals surface area contributed by atoms with Gasteiger partial charge in [-0.25, -0.2) is 5.43 Å². The van der Waals surface area contributed by atoms with Crippen molar-refractivity contribution in [1.82, 2.24) is 10.7 Å². The molecule has 0 unspecified atom stereocenters. The lowest BCUT2D eigenvalue weighted by molar-refractivity contribution is -0.123. The fourth-order valence-electron chi connectivity index (χ4n) is 3.53. The van der Waals surface area contributed by atoms with E-state index in [0.717, 1.165) is 16.9 Å². The maximum Gasteiger partial charge on any atom is 0.258 e. The molecule has 7 heteroatoms. The molecule has 0 fully saturated rings. The topological polar surface area (TPSA) is 79.8 Å². The van der Waals surface area contributed by atoms with E-state index in [0.29, 0.717) is 11.5 Å². The Labute approximate surface area is 211 Å². The first-order valence-corrected chi connectivity index (χ1v) is 12.6. The van der Waals surface area contributed by atoms with Crippen LogP contribution in [0.3, 0.4) is 0 Å². The summed E-state index contributed by atoms with van der Waals surface area (Å²) in [6.07, 6.45) is 1.57. The number of ether oxygens (including phenoxy) is 1. The molecular formula is C28H31N3O3S.